The van der Waals surface area contributed by atoms with E-state index in [1.54, 1.807) is 14.2 Å². The molecule has 2 nitrogen and oxygen atoms in total. The Bertz CT molecular complexity index is 577. The molecule has 128 valence electrons. The molecule has 3 atom stereocenters. The van der Waals surface area contributed by atoms with Gasteiger partial charge in [0.1, 0.15) is 11.5 Å². The fourth-order valence-corrected chi connectivity index (χ4v) is 4.09. The molecule has 23 heavy (non-hydrogen) atoms. The van der Waals surface area contributed by atoms with Crippen molar-refractivity contribution in [3.8, 4) is 11.5 Å². The Labute approximate surface area is 141 Å². The first-order valence-corrected chi connectivity index (χ1v) is 8.61. The minimum atomic E-state index is 0.242. The van der Waals surface area contributed by atoms with Crippen LogP contribution in [-0.4, -0.2) is 14.2 Å². The van der Waals surface area contributed by atoms with Gasteiger partial charge in [-0.2, -0.15) is 0 Å². The van der Waals surface area contributed by atoms with Gasteiger partial charge in [-0.3, -0.25) is 0 Å². The van der Waals surface area contributed by atoms with Crippen LogP contribution in [0.4, 0.5) is 0 Å². The quantitative estimate of drug-likeness (QED) is 0.653. The van der Waals surface area contributed by atoms with Crippen LogP contribution in [0.15, 0.2) is 30.4 Å². The first-order valence-electron chi connectivity index (χ1n) is 8.61. The molecule has 0 saturated heterocycles. The third-order valence-electron chi connectivity index (χ3n) is 6.23. The zero-order valence-corrected chi connectivity index (χ0v) is 15.7. The van der Waals surface area contributed by atoms with Crippen molar-refractivity contribution in [2.75, 3.05) is 14.2 Å². The topological polar surface area (TPSA) is 18.5 Å². The van der Waals surface area contributed by atoms with Crippen LogP contribution in [0.1, 0.15) is 52.5 Å². The van der Waals surface area contributed by atoms with Crippen molar-refractivity contribution in [1.29, 1.82) is 0 Å². The molecule has 0 N–H and O–H groups in total. The van der Waals surface area contributed by atoms with Gasteiger partial charge in [-0.05, 0) is 73.1 Å². The van der Waals surface area contributed by atoms with Gasteiger partial charge in [0.05, 0.1) is 14.2 Å². The summed E-state index contributed by atoms with van der Waals surface area (Å²) in [5, 5.41) is 0. The molecule has 0 aromatic heterocycles. The highest BCUT2D eigenvalue weighted by atomic mass is 16.5. The molecule has 1 aliphatic carbocycles. The van der Waals surface area contributed by atoms with E-state index in [0.29, 0.717) is 5.92 Å². The second-order valence-electron chi connectivity index (χ2n) is 7.97. The van der Waals surface area contributed by atoms with Gasteiger partial charge in [0.2, 0.25) is 0 Å². The lowest BCUT2D eigenvalue weighted by Crippen LogP contribution is -2.40. The lowest BCUT2D eigenvalue weighted by Gasteiger charge is -2.49. The molecule has 1 saturated carbocycles. The van der Waals surface area contributed by atoms with E-state index in [0.717, 1.165) is 17.9 Å². The molecular formula is C21H32O2. The normalized spacial score (nSPS) is 30.8. The van der Waals surface area contributed by atoms with Gasteiger partial charge in [0, 0.05) is 0 Å². The largest absolute Gasteiger partial charge is 0.497 e. The molecule has 1 aliphatic rings. The van der Waals surface area contributed by atoms with Gasteiger partial charge in [-0.1, -0.05) is 32.9 Å². The average Bonchev–Trinajstić information content (AvgIpc) is 2.51. The van der Waals surface area contributed by atoms with Crippen LogP contribution in [0.25, 0.3) is 0 Å². The Morgan fingerprint density at radius 3 is 2.52 bits per heavy atom. The van der Waals surface area contributed by atoms with Gasteiger partial charge < -0.3 is 9.47 Å². The lowest BCUT2D eigenvalue weighted by molar-refractivity contribution is 0.0525. The molecule has 0 radical (unpaired) electrons. The maximum atomic E-state index is 5.59. The Morgan fingerprint density at radius 2 is 1.96 bits per heavy atom. The molecule has 1 aromatic rings. The summed E-state index contributed by atoms with van der Waals surface area (Å²) in [4.78, 5) is 0. The van der Waals surface area contributed by atoms with E-state index in [1.165, 1.54) is 30.4 Å². The van der Waals surface area contributed by atoms with Crippen LogP contribution < -0.4 is 9.47 Å². The van der Waals surface area contributed by atoms with Crippen molar-refractivity contribution in [3.05, 3.63) is 35.9 Å². The smallest absolute Gasteiger partial charge is 0.122 e. The number of rotatable bonds is 5. The summed E-state index contributed by atoms with van der Waals surface area (Å²) in [5.41, 5.74) is 3.04. The molecule has 0 bridgehead atoms. The van der Waals surface area contributed by atoms with Crippen molar-refractivity contribution in [1.82, 2.24) is 0 Å². The highest BCUT2D eigenvalue weighted by molar-refractivity contribution is 5.41. The number of hydrogen-bond acceptors (Lipinski definition) is 2. The molecule has 0 heterocycles. The first kappa shape index (κ1) is 17.9. The summed E-state index contributed by atoms with van der Waals surface area (Å²) in [7, 11) is 3.46. The van der Waals surface area contributed by atoms with E-state index < -0.39 is 0 Å². The summed E-state index contributed by atoms with van der Waals surface area (Å²) in [6.45, 7) is 13.6. The maximum absolute atomic E-state index is 5.59. The highest BCUT2D eigenvalue weighted by Gasteiger charge is 2.44. The van der Waals surface area contributed by atoms with Crippen LogP contribution >= 0.6 is 0 Å². The number of benzene rings is 1. The lowest BCUT2D eigenvalue weighted by atomic mass is 9.55. The second kappa shape index (κ2) is 6.59. The SMILES string of the molecule is C=C(C)[C@@]1(C)CC[C@H](C)[C@@](C)(Cc2cc(OC)ccc2OC)C1. The Morgan fingerprint density at radius 1 is 1.26 bits per heavy atom. The van der Waals surface area contributed by atoms with Gasteiger partial charge in [0.25, 0.3) is 0 Å². The summed E-state index contributed by atoms with van der Waals surface area (Å²) in [6, 6.07) is 6.11. The molecular weight excluding hydrogens is 284 g/mol. The standard InChI is InChI=1S/C21H32O2/c1-15(2)20(4)11-10-16(3)21(5,14-20)13-17-12-18(22-6)8-9-19(17)23-7/h8-9,12,16H,1,10-11,13-14H2,2-7H3/t16-,20-,21-/m0/s1. The van der Waals surface area contributed by atoms with Crippen molar-refractivity contribution < 1.29 is 9.47 Å². The number of allylic oxidation sites excluding steroid dienone is 1. The van der Waals surface area contributed by atoms with Crippen LogP contribution in [0.3, 0.4) is 0 Å². The minimum Gasteiger partial charge on any atom is -0.497 e. The third-order valence-corrected chi connectivity index (χ3v) is 6.23. The van der Waals surface area contributed by atoms with E-state index in [9.17, 15) is 0 Å². The van der Waals surface area contributed by atoms with Gasteiger partial charge >= 0.3 is 0 Å². The maximum Gasteiger partial charge on any atom is 0.122 e. The molecule has 1 aromatic carbocycles. The van der Waals surface area contributed by atoms with Crippen molar-refractivity contribution in [3.63, 3.8) is 0 Å². The van der Waals surface area contributed by atoms with Gasteiger partial charge in [-0.15, -0.1) is 0 Å². The number of ether oxygens (including phenoxy) is 2. The number of hydrogen-bond donors (Lipinski definition) is 0. The van der Waals surface area contributed by atoms with E-state index in [-0.39, 0.29) is 10.8 Å². The summed E-state index contributed by atoms with van der Waals surface area (Å²) in [5.74, 6) is 2.54. The Kier molecular flexibility index (Phi) is 5.13. The predicted molar refractivity (Wildman–Crippen MR) is 97.3 cm³/mol. The summed E-state index contributed by atoms with van der Waals surface area (Å²) >= 11 is 0. The van der Waals surface area contributed by atoms with Gasteiger partial charge in [-0.25, -0.2) is 0 Å². The van der Waals surface area contributed by atoms with Crippen molar-refractivity contribution in [2.45, 2.75) is 53.4 Å². The zero-order chi connectivity index (χ0) is 17.3. The van der Waals surface area contributed by atoms with Crippen LogP contribution in [0.2, 0.25) is 0 Å². The van der Waals surface area contributed by atoms with E-state index in [4.69, 9.17) is 9.47 Å². The molecule has 2 rings (SSSR count). The van der Waals surface area contributed by atoms with Crippen molar-refractivity contribution in [2.24, 2.45) is 16.7 Å². The minimum absolute atomic E-state index is 0.242. The predicted octanol–water partition coefficient (Wildman–Crippen LogP) is 5.66. The summed E-state index contributed by atoms with van der Waals surface area (Å²) in [6.07, 6.45) is 4.69. The third kappa shape index (κ3) is 3.57. The molecule has 0 amide bonds. The Hall–Kier alpha value is -1.44. The van der Waals surface area contributed by atoms with Crippen LogP contribution in [0.5, 0.6) is 11.5 Å². The summed E-state index contributed by atoms with van der Waals surface area (Å²) < 4.78 is 11.0. The van der Waals surface area contributed by atoms with Gasteiger partial charge in [0.15, 0.2) is 0 Å². The molecule has 2 heteroatoms. The average molecular weight is 316 g/mol. The van der Waals surface area contributed by atoms with E-state index in [2.05, 4.69) is 40.3 Å². The Balaban J connectivity index is 2.34. The zero-order valence-electron chi connectivity index (χ0n) is 15.7. The molecule has 0 unspecified atom stereocenters. The highest BCUT2D eigenvalue weighted by Crippen LogP contribution is 2.54. The van der Waals surface area contributed by atoms with E-state index in [1.807, 2.05) is 12.1 Å². The first-order chi connectivity index (χ1) is 10.7. The molecule has 1 fully saturated rings. The molecule has 0 spiro atoms. The monoisotopic (exact) mass is 316 g/mol. The fourth-order valence-electron chi connectivity index (χ4n) is 4.09. The van der Waals surface area contributed by atoms with E-state index >= 15 is 0 Å². The molecule has 0 aliphatic heterocycles. The second-order valence-corrected chi connectivity index (χ2v) is 7.97. The fraction of sp³-hybridized carbons (Fsp3) is 0.619. The van der Waals surface area contributed by atoms with Crippen LogP contribution in [-0.2, 0) is 6.42 Å². The number of methoxy groups -OCH3 is 2. The van der Waals surface area contributed by atoms with Crippen molar-refractivity contribution >= 4 is 0 Å². The van der Waals surface area contributed by atoms with Crippen LogP contribution in [0, 0.1) is 16.7 Å².